The van der Waals surface area contributed by atoms with Gasteiger partial charge >= 0.3 is 0 Å². The van der Waals surface area contributed by atoms with Crippen molar-refractivity contribution in [2.75, 3.05) is 18.6 Å². The minimum atomic E-state index is -0.119. The molecule has 0 radical (unpaired) electrons. The van der Waals surface area contributed by atoms with Gasteiger partial charge in [0, 0.05) is 23.4 Å². The van der Waals surface area contributed by atoms with Crippen molar-refractivity contribution in [1.82, 2.24) is 10.3 Å². The van der Waals surface area contributed by atoms with Crippen LogP contribution in [0.15, 0.2) is 30.5 Å². The third-order valence-corrected chi connectivity index (χ3v) is 4.77. The number of aromatic nitrogens is 1. The molecule has 1 saturated carbocycles. The van der Waals surface area contributed by atoms with Gasteiger partial charge < -0.3 is 15.0 Å². The van der Waals surface area contributed by atoms with Gasteiger partial charge in [0.1, 0.15) is 12.3 Å². The molecule has 1 aliphatic carbocycles. The number of nitrogens with one attached hydrogen (secondary N) is 1. The molecule has 0 saturated heterocycles. The topological polar surface area (TPSA) is 71.5 Å². The minimum Gasteiger partial charge on any atom is -0.496 e. The largest absolute Gasteiger partial charge is 0.496 e. The standard InChI is InChI=1S/C20H21N3O3/c1-12-3-6-15(18(7-12)26-2)13-8-17-16(21-10-13)9-20(25)23(17)11-19(24)22-14-4-5-14/h3,6-8,10,14H,4-5,9,11H2,1-2H3,(H,22,24). The van der Waals surface area contributed by atoms with E-state index in [-0.39, 0.29) is 30.8 Å². The first-order chi connectivity index (χ1) is 12.5. The Balaban J connectivity index is 1.65. The highest BCUT2D eigenvalue weighted by molar-refractivity contribution is 6.05. The molecule has 6 heteroatoms. The number of aryl methyl sites for hydroxylation is 1. The molecule has 2 aromatic rings. The number of carbonyl (C=O) groups excluding carboxylic acids is 2. The number of methoxy groups -OCH3 is 1. The van der Waals surface area contributed by atoms with Gasteiger partial charge in [-0.25, -0.2) is 0 Å². The zero-order valence-electron chi connectivity index (χ0n) is 14.9. The van der Waals surface area contributed by atoms with Crippen LogP contribution in [0.25, 0.3) is 11.1 Å². The summed E-state index contributed by atoms with van der Waals surface area (Å²) in [6, 6.07) is 8.16. The van der Waals surface area contributed by atoms with Gasteiger partial charge in [-0.3, -0.25) is 14.6 Å². The van der Waals surface area contributed by atoms with Crippen LogP contribution in [-0.4, -0.2) is 36.5 Å². The Morgan fingerprint density at radius 2 is 2.15 bits per heavy atom. The van der Waals surface area contributed by atoms with E-state index in [2.05, 4.69) is 10.3 Å². The van der Waals surface area contributed by atoms with Gasteiger partial charge in [0.25, 0.3) is 0 Å². The van der Waals surface area contributed by atoms with Crippen LogP contribution in [-0.2, 0) is 16.0 Å². The van der Waals surface area contributed by atoms with Crippen LogP contribution in [0.1, 0.15) is 24.1 Å². The molecule has 4 rings (SSSR count). The van der Waals surface area contributed by atoms with Crippen LogP contribution in [0.5, 0.6) is 5.75 Å². The van der Waals surface area contributed by atoms with Crippen LogP contribution in [0.2, 0.25) is 0 Å². The average molecular weight is 351 g/mol. The van der Waals surface area contributed by atoms with Crippen molar-refractivity contribution in [1.29, 1.82) is 0 Å². The SMILES string of the molecule is COc1cc(C)ccc1-c1cnc2c(c1)N(CC(=O)NC1CC1)C(=O)C2. The van der Waals surface area contributed by atoms with Crippen LogP contribution in [0.4, 0.5) is 5.69 Å². The normalized spacial score (nSPS) is 15.8. The first kappa shape index (κ1) is 16.6. The Kier molecular flexibility index (Phi) is 4.11. The monoisotopic (exact) mass is 351 g/mol. The molecule has 1 aromatic carbocycles. The Labute approximate surface area is 152 Å². The van der Waals surface area contributed by atoms with Crippen molar-refractivity contribution >= 4 is 17.5 Å². The summed E-state index contributed by atoms with van der Waals surface area (Å²) in [5, 5.41) is 2.93. The number of ether oxygens (including phenoxy) is 1. The average Bonchev–Trinajstić information content (AvgIpc) is 3.38. The van der Waals surface area contributed by atoms with Crippen molar-refractivity contribution in [2.24, 2.45) is 0 Å². The summed E-state index contributed by atoms with van der Waals surface area (Å²) in [6.07, 6.45) is 4.04. The van der Waals surface area contributed by atoms with Crippen LogP contribution in [0.3, 0.4) is 0 Å². The first-order valence-electron chi connectivity index (χ1n) is 8.79. The van der Waals surface area contributed by atoms with Gasteiger partial charge in [-0.2, -0.15) is 0 Å². The highest BCUT2D eigenvalue weighted by Gasteiger charge is 2.32. The molecule has 2 heterocycles. The fraction of sp³-hybridized carbons (Fsp3) is 0.350. The lowest BCUT2D eigenvalue weighted by molar-refractivity contribution is -0.123. The number of anilines is 1. The molecule has 1 N–H and O–H groups in total. The fourth-order valence-electron chi connectivity index (χ4n) is 3.23. The van der Waals surface area contributed by atoms with E-state index in [0.717, 1.165) is 35.3 Å². The Morgan fingerprint density at radius 3 is 2.88 bits per heavy atom. The van der Waals surface area contributed by atoms with E-state index in [4.69, 9.17) is 4.74 Å². The molecule has 1 aromatic heterocycles. The lowest BCUT2D eigenvalue weighted by Crippen LogP contribution is -2.39. The van der Waals surface area contributed by atoms with Crippen LogP contribution >= 0.6 is 0 Å². The lowest BCUT2D eigenvalue weighted by Gasteiger charge is -2.18. The molecule has 134 valence electrons. The number of carbonyl (C=O) groups is 2. The van der Waals surface area contributed by atoms with Crippen molar-refractivity contribution in [2.45, 2.75) is 32.2 Å². The molecule has 6 nitrogen and oxygen atoms in total. The molecular weight excluding hydrogens is 330 g/mol. The summed E-state index contributed by atoms with van der Waals surface area (Å²) in [6.45, 7) is 2.05. The fourth-order valence-corrected chi connectivity index (χ4v) is 3.23. The van der Waals surface area contributed by atoms with Crippen LogP contribution < -0.4 is 15.0 Å². The van der Waals surface area contributed by atoms with Gasteiger partial charge in [-0.1, -0.05) is 12.1 Å². The minimum absolute atomic E-state index is 0.0402. The maximum Gasteiger partial charge on any atom is 0.240 e. The predicted octanol–water partition coefficient (Wildman–Crippen LogP) is 2.23. The number of benzene rings is 1. The van der Waals surface area contributed by atoms with E-state index in [1.165, 1.54) is 4.90 Å². The molecule has 1 fully saturated rings. The van der Waals surface area contributed by atoms with Crippen molar-refractivity contribution in [3.05, 3.63) is 41.7 Å². The highest BCUT2D eigenvalue weighted by Crippen LogP contribution is 2.35. The number of pyridine rings is 1. The van der Waals surface area contributed by atoms with E-state index in [1.807, 2.05) is 31.2 Å². The van der Waals surface area contributed by atoms with Crippen molar-refractivity contribution in [3.63, 3.8) is 0 Å². The number of fused-ring (bicyclic) bond motifs is 1. The summed E-state index contributed by atoms with van der Waals surface area (Å²) in [5.41, 5.74) is 4.30. The molecule has 2 amide bonds. The number of nitrogens with zero attached hydrogens (tertiary/aromatic N) is 2. The maximum atomic E-state index is 12.4. The molecular formula is C20H21N3O3. The summed E-state index contributed by atoms with van der Waals surface area (Å²) < 4.78 is 5.49. The Bertz CT molecular complexity index is 890. The quantitative estimate of drug-likeness (QED) is 0.897. The molecule has 0 atom stereocenters. The van der Waals surface area contributed by atoms with E-state index in [1.54, 1.807) is 13.3 Å². The van der Waals surface area contributed by atoms with Gasteiger partial charge in [-0.05, 0) is 37.5 Å². The number of amides is 2. The number of rotatable bonds is 5. The summed E-state index contributed by atoms with van der Waals surface area (Å²) in [4.78, 5) is 30.5. The second-order valence-corrected chi connectivity index (χ2v) is 6.89. The van der Waals surface area contributed by atoms with Crippen molar-refractivity contribution < 1.29 is 14.3 Å². The smallest absolute Gasteiger partial charge is 0.240 e. The Morgan fingerprint density at radius 1 is 1.35 bits per heavy atom. The predicted molar refractivity (Wildman–Crippen MR) is 98.2 cm³/mol. The van der Waals surface area contributed by atoms with Gasteiger partial charge in [0.15, 0.2) is 0 Å². The maximum absolute atomic E-state index is 12.4. The van der Waals surface area contributed by atoms with Crippen molar-refractivity contribution in [3.8, 4) is 16.9 Å². The van der Waals surface area contributed by atoms with E-state index in [9.17, 15) is 9.59 Å². The number of hydrogen-bond donors (Lipinski definition) is 1. The molecule has 26 heavy (non-hydrogen) atoms. The molecule has 0 bridgehead atoms. The van der Waals surface area contributed by atoms with Gasteiger partial charge in [-0.15, -0.1) is 0 Å². The zero-order chi connectivity index (χ0) is 18.3. The second-order valence-electron chi connectivity index (χ2n) is 6.89. The van der Waals surface area contributed by atoms with Gasteiger partial charge in [0.05, 0.1) is 24.9 Å². The summed E-state index contributed by atoms with van der Waals surface area (Å²) in [5.74, 6) is 0.549. The molecule has 2 aliphatic rings. The molecule has 1 aliphatic heterocycles. The second kappa shape index (κ2) is 6.44. The highest BCUT2D eigenvalue weighted by atomic mass is 16.5. The van der Waals surface area contributed by atoms with E-state index >= 15 is 0 Å². The van der Waals surface area contributed by atoms with E-state index in [0.29, 0.717) is 11.4 Å². The zero-order valence-corrected chi connectivity index (χ0v) is 14.9. The summed E-state index contributed by atoms with van der Waals surface area (Å²) in [7, 11) is 1.64. The third-order valence-electron chi connectivity index (χ3n) is 4.77. The first-order valence-corrected chi connectivity index (χ1v) is 8.79. The van der Waals surface area contributed by atoms with E-state index < -0.39 is 0 Å². The van der Waals surface area contributed by atoms with Gasteiger partial charge in [0.2, 0.25) is 11.8 Å². The summed E-state index contributed by atoms with van der Waals surface area (Å²) >= 11 is 0. The Hall–Kier alpha value is -2.89. The third kappa shape index (κ3) is 3.14. The van der Waals surface area contributed by atoms with Crippen LogP contribution in [0, 0.1) is 6.92 Å². The lowest BCUT2D eigenvalue weighted by atomic mass is 10.0. The molecule has 0 unspecified atom stereocenters. The number of hydrogen-bond acceptors (Lipinski definition) is 4. The molecule has 0 spiro atoms.